The normalized spacial score (nSPS) is 23.5. The van der Waals surface area contributed by atoms with Crippen molar-refractivity contribution in [3.63, 3.8) is 0 Å². The number of sulfone groups is 1. The molecular weight excluding hydrogens is 304 g/mol. The van der Waals surface area contributed by atoms with E-state index >= 15 is 0 Å². The molecule has 1 unspecified atom stereocenters. The number of likely N-dealkylation sites (tertiary alicyclic amines) is 1. The van der Waals surface area contributed by atoms with Crippen LogP contribution < -0.4 is 5.32 Å². The lowest BCUT2D eigenvalue weighted by Gasteiger charge is -2.30. The van der Waals surface area contributed by atoms with Gasteiger partial charge in [-0.25, -0.2) is 8.42 Å². The monoisotopic (exact) mass is 330 g/mol. The molecule has 2 rings (SSSR count). The van der Waals surface area contributed by atoms with Crippen LogP contribution in [0, 0.1) is 5.92 Å². The van der Waals surface area contributed by atoms with Gasteiger partial charge >= 0.3 is 0 Å². The second-order valence-corrected chi connectivity index (χ2v) is 8.71. The smallest absolute Gasteiger partial charge is 0.242 e. The van der Waals surface area contributed by atoms with Crippen LogP contribution in [-0.4, -0.2) is 56.3 Å². The number of carbonyl (C=O) groups is 2. The first-order valence-corrected chi connectivity index (χ1v) is 10.2. The molecule has 0 bridgehead atoms. The third-order valence-corrected chi connectivity index (χ3v) is 5.51. The van der Waals surface area contributed by atoms with E-state index in [9.17, 15) is 18.0 Å². The number of rotatable bonds is 5. The van der Waals surface area contributed by atoms with Gasteiger partial charge in [0.05, 0.1) is 5.75 Å². The fraction of sp³-hybridized carbons (Fsp3) is 0.867. The van der Waals surface area contributed by atoms with Gasteiger partial charge in [-0.15, -0.1) is 0 Å². The molecule has 1 aliphatic heterocycles. The molecule has 1 heterocycles. The highest BCUT2D eigenvalue weighted by Gasteiger charge is 2.37. The lowest BCUT2D eigenvalue weighted by Crippen LogP contribution is -2.48. The highest BCUT2D eigenvalue weighted by Crippen LogP contribution is 2.28. The molecule has 126 valence electrons. The van der Waals surface area contributed by atoms with E-state index in [0.29, 0.717) is 13.0 Å². The van der Waals surface area contributed by atoms with Crippen molar-refractivity contribution in [2.24, 2.45) is 5.92 Å². The standard InChI is InChI=1S/C15H26N2O4S/c1-22(20,21)11-9-16-14(18)13-8-5-10-17(13)15(19)12-6-3-2-4-7-12/h12-13H,2-11H2,1H3,(H,16,18). The summed E-state index contributed by atoms with van der Waals surface area (Å²) in [6, 6.07) is -0.422. The lowest BCUT2D eigenvalue weighted by molar-refractivity contribution is -0.142. The van der Waals surface area contributed by atoms with Gasteiger partial charge in [0.1, 0.15) is 15.9 Å². The van der Waals surface area contributed by atoms with E-state index in [1.807, 2.05) is 0 Å². The molecule has 7 heteroatoms. The van der Waals surface area contributed by atoms with Gasteiger partial charge in [0.2, 0.25) is 11.8 Å². The van der Waals surface area contributed by atoms with Crippen LogP contribution in [0.4, 0.5) is 0 Å². The Bertz CT molecular complexity index is 512. The predicted octanol–water partition coefficient (Wildman–Crippen LogP) is 0.718. The fourth-order valence-electron chi connectivity index (χ4n) is 3.36. The molecule has 1 saturated carbocycles. The Morgan fingerprint density at radius 3 is 2.41 bits per heavy atom. The molecule has 0 radical (unpaired) electrons. The Labute approximate surface area is 132 Å². The number of amides is 2. The highest BCUT2D eigenvalue weighted by molar-refractivity contribution is 7.90. The van der Waals surface area contributed by atoms with Gasteiger partial charge in [-0.1, -0.05) is 19.3 Å². The molecule has 1 aliphatic carbocycles. The van der Waals surface area contributed by atoms with Crippen molar-refractivity contribution in [3.05, 3.63) is 0 Å². The quantitative estimate of drug-likeness (QED) is 0.805. The zero-order chi connectivity index (χ0) is 16.2. The molecule has 2 amide bonds. The summed E-state index contributed by atoms with van der Waals surface area (Å²) in [6.45, 7) is 0.749. The van der Waals surface area contributed by atoms with Crippen LogP contribution >= 0.6 is 0 Å². The van der Waals surface area contributed by atoms with Crippen molar-refractivity contribution in [1.82, 2.24) is 10.2 Å². The molecule has 1 saturated heterocycles. The summed E-state index contributed by atoms with van der Waals surface area (Å²) in [5, 5.41) is 2.66. The van der Waals surface area contributed by atoms with Crippen LogP contribution in [-0.2, 0) is 19.4 Å². The summed E-state index contributed by atoms with van der Waals surface area (Å²) in [6.07, 6.45) is 7.89. The minimum Gasteiger partial charge on any atom is -0.353 e. The molecule has 2 fully saturated rings. The van der Waals surface area contributed by atoms with Crippen molar-refractivity contribution < 1.29 is 18.0 Å². The number of carbonyl (C=O) groups excluding carboxylic acids is 2. The molecule has 6 nitrogen and oxygen atoms in total. The average Bonchev–Trinajstić information content (AvgIpc) is 2.95. The number of hydrogen-bond donors (Lipinski definition) is 1. The van der Waals surface area contributed by atoms with Crippen LogP contribution in [0.25, 0.3) is 0 Å². The van der Waals surface area contributed by atoms with E-state index in [1.54, 1.807) is 4.90 Å². The summed E-state index contributed by atoms with van der Waals surface area (Å²) in [5.41, 5.74) is 0. The molecule has 1 N–H and O–H groups in total. The third-order valence-electron chi connectivity index (χ3n) is 4.57. The van der Waals surface area contributed by atoms with E-state index < -0.39 is 15.9 Å². The Morgan fingerprint density at radius 1 is 1.09 bits per heavy atom. The predicted molar refractivity (Wildman–Crippen MR) is 84.0 cm³/mol. The number of nitrogens with one attached hydrogen (secondary N) is 1. The van der Waals surface area contributed by atoms with Crippen LogP contribution in [0.15, 0.2) is 0 Å². The Balaban J connectivity index is 1.89. The Hall–Kier alpha value is -1.11. The van der Waals surface area contributed by atoms with E-state index in [4.69, 9.17) is 0 Å². The van der Waals surface area contributed by atoms with Gasteiger partial charge in [0, 0.05) is 25.3 Å². The van der Waals surface area contributed by atoms with Crippen molar-refractivity contribution in [2.75, 3.05) is 25.1 Å². The zero-order valence-corrected chi connectivity index (χ0v) is 14.0. The van der Waals surface area contributed by atoms with Gasteiger partial charge in [-0.2, -0.15) is 0 Å². The highest BCUT2D eigenvalue weighted by atomic mass is 32.2. The molecule has 1 atom stereocenters. The molecule has 0 aromatic heterocycles. The molecule has 0 spiro atoms. The largest absolute Gasteiger partial charge is 0.353 e. The first-order valence-electron chi connectivity index (χ1n) is 8.14. The van der Waals surface area contributed by atoms with Gasteiger partial charge in [-0.3, -0.25) is 9.59 Å². The van der Waals surface area contributed by atoms with Gasteiger partial charge < -0.3 is 10.2 Å². The summed E-state index contributed by atoms with van der Waals surface area (Å²) in [5.74, 6) is -0.105. The second kappa shape index (κ2) is 7.44. The fourth-order valence-corrected chi connectivity index (χ4v) is 3.84. The Morgan fingerprint density at radius 2 is 1.77 bits per heavy atom. The summed E-state index contributed by atoms with van der Waals surface area (Å²) >= 11 is 0. The van der Waals surface area contributed by atoms with Gasteiger partial charge in [0.25, 0.3) is 0 Å². The zero-order valence-electron chi connectivity index (χ0n) is 13.2. The first-order chi connectivity index (χ1) is 10.4. The van der Waals surface area contributed by atoms with Crippen molar-refractivity contribution >= 4 is 21.7 Å². The maximum absolute atomic E-state index is 12.6. The van der Waals surface area contributed by atoms with E-state index in [0.717, 1.165) is 38.4 Å². The van der Waals surface area contributed by atoms with Crippen molar-refractivity contribution in [2.45, 2.75) is 51.0 Å². The van der Waals surface area contributed by atoms with Gasteiger partial charge in [0.15, 0.2) is 0 Å². The molecule has 0 aromatic carbocycles. The summed E-state index contributed by atoms with van der Waals surface area (Å²) in [7, 11) is -3.09. The van der Waals surface area contributed by atoms with Crippen molar-refractivity contribution in [3.8, 4) is 0 Å². The minimum atomic E-state index is -3.09. The van der Waals surface area contributed by atoms with E-state index in [-0.39, 0.29) is 30.0 Å². The topological polar surface area (TPSA) is 83.6 Å². The first kappa shape index (κ1) is 17.2. The van der Waals surface area contributed by atoms with Crippen LogP contribution in [0.2, 0.25) is 0 Å². The third kappa shape index (κ3) is 4.69. The van der Waals surface area contributed by atoms with Crippen LogP contribution in [0.1, 0.15) is 44.9 Å². The average molecular weight is 330 g/mol. The minimum absolute atomic E-state index is 0.0674. The van der Waals surface area contributed by atoms with Crippen LogP contribution in [0.3, 0.4) is 0 Å². The van der Waals surface area contributed by atoms with Crippen molar-refractivity contribution in [1.29, 1.82) is 0 Å². The maximum atomic E-state index is 12.6. The maximum Gasteiger partial charge on any atom is 0.242 e. The molecule has 22 heavy (non-hydrogen) atoms. The SMILES string of the molecule is CS(=O)(=O)CCNC(=O)C1CCCN1C(=O)C1CCCCC1. The molecule has 0 aromatic rings. The number of nitrogens with zero attached hydrogens (tertiary/aromatic N) is 1. The summed E-state index contributed by atoms with van der Waals surface area (Å²) in [4.78, 5) is 26.5. The molecular formula is C15H26N2O4S. The van der Waals surface area contributed by atoms with E-state index in [1.165, 1.54) is 6.42 Å². The van der Waals surface area contributed by atoms with E-state index in [2.05, 4.69) is 5.32 Å². The summed E-state index contributed by atoms with van der Waals surface area (Å²) < 4.78 is 22.2. The van der Waals surface area contributed by atoms with Crippen LogP contribution in [0.5, 0.6) is 0 Å². The number of hydrogen-bond acceptors (Lipinski definition) is 4. The molecule has 2 aliphatic rings. The Kier molecular flexibility index (Phi) is 5.83. The lowest BCUT2D eigenvalue weighted by atomic mass is 9.88. The second-order valence-electron chi connectivity index (χ2n) is 6.45. The van der Waals surface area contributed by atoms with Gasteiger partial charge in [-0.05, 0) is 25.7 Å².